The van der Waals surface area contributed by atoms with Gasteiger partial charge in [0, 0.05) is 0 Å². The lowest BCUT2D eigenvalue weighted by molar-refractivity contribution is 0.420. The third-order valence-electron chi connectivity index (χ3n) is 3.30. The van der Waals surface area contributed by atoms with E-state index in [1.165, 1.54) is 44.1 Å². The Morgan fingerprint density at radius 1 is 1.00 bits per heavy atom. The Hall–Kier alpha value is -0.260. The maximum Gasteiger partial charge on any atom is -0.0346 e. The molecule has 0 amide bonds. The number of hydrogen-bond acceptors (Lipinski definition) is 0. The van der Waals surface area contributed by atoms with Gasteiger partial charge in [-0.2, -0.15) is 0 Å². The summed E-state index contributed by atoms with van der Waals surface area (Å²) in [6.45, 7) is 11.4. The van der Waals surface area contributed by atoms with E-state index in [1.807, 2.05) is 0 Å². The van der Waals surface area contributed by atoms with Crippen molar-refractivity contribution in [3.8, 4) is 0 Å². The van der Waals surface area contributed by atoms with Crippen molar-refractivity contribution in [2.45, 2.75) is 73.1 Å². The fraction of sp³-hybridized carbons (Fsp3) is 0.867. The van der Waals surface area contributed by atoms with Crippen LogP contribution in [0.25, 0.3) is 0 Å². The quantitative estimate of drug-likeness (QED) is 0.458. The van der Waals surface area contributed by atoms with Crippen molar-refractivity contribution in [2.24, 2.45) is 11.8 Å². The molecule has 0 aliphatic rings. The molecule has 2 atom stereocenters. The van der Waals surface area contributed by atoms with Crippen LogP contribution in [0.3, 0.4) is 0 Å². The summed E-state index contributed by atoms with van der Waals surface area (Å²) in [4.78, 5) is 0. The van der Waals surface area contributed by atoms with Crippen molar-refractivity contribution in [3.63, 3.8) is 0 Å². The Morgan fingerprint density at radius 2 is 1.60 bits per heavy atom. The molecule has 90 valence electrons. The second kappa shape index (κ2) is 9.00. The summed E-state index contributed by atoms with van der Waals surface area (Å²) in [6.07, 6.45) is 10.6. The van der Waals surface area contributed by atoms with Crippen LogP contribution in [-0.2, 0) is 0 Å². The summed E-state index contributed by atoms with van der Waals surface area (Å²) in [5.74, 6) is 1.83. The molecular formula is C15H30. The van der Waals surface area contributed by atoms with Gasteiger partial charge in [-0.15, -0.1) is 0 Å². The average Bonchev–Trinajstić information content (AvgIpc) is 2.17. The van der Waals surface area contributed by atoms with E-state index in [9.17, 15) is 0 Å². The van der Waals surface area contributed by atoms with E-state index in [-0.39, 0.29) is 0 Å². The molecule has 0 aromatic carbocycles. The summed E-state index contributed by atoms with van der Waals surface area (Å²) in [5.41, 5.74) is 1.46. The highest BCUT2D eigenvalue weighted by atomic mass is 14.1. The summed E-state index contributed by atoms with van der Waals surface area (Å²) < 4.78 is 0. The van der Waals surface area contributed by atoms with E-state index in [0.29, 0.717) is 0 Å². The van der Waals surface area contributed by atoms with Crippen LogP contribution in [0.2, 0.25) is 0 Å². The van der Waals surface area contributed by atoms with Gasteiger partial charge >= 0.3 is 0 Å². The van der Waals surface area contributed by atoms with Gasteiger partial charge in [-0.05, 0) is 38.5 Å². The van der Waals surface area contributed by atoms with Gasteiger partial charge in [0.15, 0.2) is 0 Å². The van der Waals surface area contributed by atoms with Crippen LogP contribution in [0.15, 0.2) is 11.6 Å². The lowest BCUT2D eigenvalue weighted by atomic mass is 9.94. The Balaban J connectivity index is 3.41. The van der Waals surface area contributed by atoms with E-state index in [1.54, 1.807) is 0 Å². The first-order valence-electron chi connectivity index (χ1n) is 6.69. The Labute approximate surface area is 97.2 Å². The van der Waals surface area contributed by atoms with Crippen LogP contribution in [0.1, 0.15) is 73.1 Å². The SMILES string of the molecule is CC[C@@H](C)CCC[C@H](C)CCC=C(C)C. The van der Waals surface area contributed by atoms with Crippen molar-refractivity contribution in [1.82, 2.24) is 0 Å². The second-order valence-electron chi connectivity index (χ2n) is 5.41. The molecule has 0 fully saturated rings. The Morgan fingerprint density at radius 3 is 2.13 bits per heavy atom. The first kappa shape index (κ1) is 14.7. The molecule has 0 aromatic rings. The molecule has 0 aromatic heterocycles. The molecule has 0 saturated heterocycles. The van der Waals surface area contributed by atoms with Gasteiger partial charge in [-0.3, -0.25) is 0 Å². The monoisotopic (exact) mass is 210 g/mol. The molecule has 0 heteroatoms. The summed E-state index contributed by atoms with van der Waals surface area (Å²) in [7, 11) is 0. The van der Waals surface area contributed by atoms with Crippen LogP contribution >= 0.6 is 0 Å². The normalized spacial score (nSPS) is 14.7. The minimum atomic E-state index is 0.907. The van der Waals surface area contributed by atoms with Gasteiger partial charge in [-0.25, -0.2) is 0 Å². The summed E-state index contributed by atoms with van der Waals surface area (Å²) in [6, 6.07) is 0. The first-order chi connectivity index (χ1) is 7.06. The standard InChI is InChI=1S/C15H30/c1-6-14(4)10-8-12-15(5)11-7-9-13(2)3/h9,14-15H,6-8,10-12H2,1-5H3/t14-,15-/m1/s1. The summed E-state index contributed by atoms with van der Waals surface area (Å²) in [5, 5.41) is 0. The molecule has 0 nitrogen and oxygen atoms in total. The average molecular weight is 210 g/mol. The van der Waals surface area contributed by atoms with Gasteiger partial charge < -0.3 is 0 Å². The van der Waals surface area contributed by atoms with Crippen LogP contribution in [0.4, 0.5) is 0 Å². The molecule has 15 heavy (non-hydrogen) atoms. The Kier molecular flexibility index (Phi) is 8.85. The third-order valence-corrected chi connectivity index (χ3v) is 3.30. The number of hydrogen-bond donors (Lipinski definition) is 0. The molecule has 0 aliphatic heterocycles. The molecule has 0 spiro atoms. The van der Waals surface area contributed by atoms with E-state index in [2.05, 4.69) is 40.7 Å². The molecule has 0 radical (unpaired) electrons. The molecule has 0 rings (SSSR count). The van der Waals surface area contributed by atoms with Crippen molar-refractivity contribution in [2.75, 3.05) is 0 Å². The molecule has 0 N–H and O–H groups in total. The van der Waals surface area contributed by atoms with Crippen molar-refractivity contribution >= 4 is 0 Å². The van der Waals surface area contributed by atoms with E-state index < -0.39 is 0 Å². The van der Waals surface area contributed by atoms with Crippen LogP contribution in [0.5, 0.6) is 0 Å². The molecule has 0 aliphatic carbocycles. The highest BCUT2D eigenvalue weighted by Gasteiger charge is 2.03. The lowest BCUT2D eigenvalue weighted by Gasteiger charge is -2.12. The smallest absolute Gasteiger partial charge is 0.0346 e. The highest BCUT2D eigenvalue weighted by Crippen LogP contribution is 2.18. The van der Waals surface area contributed by atoms with E-state index >= 15 is 0 Å². The fourth-order valence-electron chi connectivity index (χ4n) is 1.82. The maximum absolute atomic E-state index is 2.40. The van der Waals surface area contributed by atoms with Gasteiger partial charge in [0.25, 0.3) is 0 Å². The zero-order valence-electron chi connectivity index (χ0n) is 11.5. The molecule has 0 heterocycles. The zero-order chi connectivity index (χ0) is 11.7. The lowest BCUT2D eigenvalue weighted by Crippen LogP contribution is -1.97. The molecule has 0 saturated carbocycles. The minimum Gasteiger partial charge on any atom is -0.0859 e. The predicted molar refractivity (Wildman–Crippen MR) is 71.1 cm³/mol. The minimum absolute atomic E-state index is 0.907. The van der Waals surface area contributed by atoms with Crippen LogP contribution < -0.4 is 0 Å². The van der Waals surface area contributed by atoms with Crippen LogP contribution in [0, 0.1) is 11.8 Å². The van der Waals surface area contributed by atoms with E-state index in [4.69, 9.17) is 0 Å². The highest BCUT2D eigenvalue weighted by molar-refractivity contribution is 4.92. The second-order valence-corrected chi connectivity index (χ2v) is 5.41. The Bertz CT molecular complexity index is 163. The van der Waals surface area contributed by atoms with Gasteiger partial charge in [0.05, 0.1) is 0 Å². The predicted octanol–water partition coefficient (Wildman–Crippen LogP) is 5.59. The largest absolute Gasteiger partial charge is 0.0859 e. The maximum atomic E-state index is 2.40. The van der Waals surface area contributed by atoms with Crippen molar-refractivity contribution in [1.29, 1.82) is 0 Å². The zero-order valence-corrected chi connectivity index (χ0v) is 11.5. The third kappa shape index (κ3) is 10.0. The van der Waals surface area contributed by atoms with Gasteiger partial charge in [-0.1, -0.05) is 58.1 Å². The van der Waals surface area contributed by atoms with Gasteiger partial charge in [0.1, 0.15) is 0 Å². The van der Waals surface area contributed by atoms with Crippen LogP contribution in [-0.4, -0.2) is 0 Å². The number of rotatable bonds is 8. The summed E-state index contributed by atoms with van der Waals surface area (Å²) >= 11 is 0. The number of allylic oxidation sites excluding steroid dienone is 2. The fourth-order valence-corrected chi connectivity index (χ4v) is 1.82. The molecular weight excluding hydrogens is 180 g/mol. The van der Waals surface area contributed by atoms with Crippen molar-refractivity contribution < 1.29 is 0 Å². The van der Waals surface area contributed by atoms with Crippen molar-refractivity contribution in [3.05, 3.63) is 11.6 Å². The molecule has 0 unspecified atom stereocenters. The van der Waals surface area contributed by atoms with Gasteiger partial charge in [0.2, 0.25) is 0 Å². The molecule has 0 bridgehead atoms. The van der Waals surface area contributed by atoms with E-state index in [0.717, 1.165) is 11.8 Å². The topological polar surface area (TPSA) is 0 Å². The first-order valence-corrected chi connectivity index (χ1v) is 6.69.